The van der Waals surface area contributed by atoms with Gasteiger partial charge in [-0.25, -0.2) is 4.79 Å². The molecule has 1 fully saturated rings. The third-order valence-corrected chi connectivity index (χ3v) is 7.50. The SMILES string of the molecule is Cn1cc(-c2nccc3c(=O)c(-c4ccc(C5(NC(=O)OC(C)(C)C)CCC5)cc4)c(-c4ccccc4)oc23)cn1. The Morgan fingerprint density at radius 3 is 2.34 bits per heavy atom. The van der Waals surface area contributed by atoms with Crippen molar-refractivity contribution in [3.8, 4) is 33.7 Å². The Morgan fingerprint density at radius 2 is 1.73 bits per heavy atom. The van der Waals surface area contributed by atoms with E-state index in [1.165, 1.54) is 0 Å². The Hall–Kier alpha value is -4.72. The highest BCUT2D eigenvalue weighted by atomic mass is 16.6. The molecule has 208 valence electrons. The van der Waals surface area contributed by atoms with Gasteiger partial charge in [0.25, 0.3) is 0 Å². The smallest absolute Gasteiger partial charge is 0.408 e. The normalized spacial score (nSPS) is 14.4. The van der Waals surface area contributed by atoms with Crippen LogP contribution >= 0.6 is 0 Å². The molecule has 0 aliphatic heterocycles. The molecule has 1 aliphatic carbocycles. The summed E-state index contributed by atoms with van der Waals surface area (Å²) < 4.78 is 13.8. The topological polar surface area (TPSA) is 99.2 Å². The largest absolute Gasteiger partial charge is 0.453 e. The van der Waals surface area contributed by atoms with Crippen molar-refractivity contribution in [2.75, 3.05) is 0 Å². The first-order valence-corrected chi connectivity index (χ1v) is 13.8. The molecule has 8 heteroatoms. The van der Waals surface area contributed by atoms with Crippen molar-refractivity contribution in [3.05, 3.63) is 95.0 Å². The van der Waals surface area contributed by atoms with Crippen LogP contribution in [0.15, 0.2) is 88.5 Å². The number of ether oxygens (including phenoxy) is 1. The average molecular weight is 549 g/mol. The van der Waals surface area contributed by atoms with Gasteiger partial charge in [-0.3, -0.25) is 14.5 Å². The molecule has 41 heavy (non-hydrogen) atoms. The number of nitrogens with one attached hydrogen (secondary N) is 1. The molecule has 0 bridgehead atoms. The van der Waals surface area contributed by atoms with E-state index in [2.05, 4.69) is 15.4 Å². The Morgan fingerprint density at radius 1 is 1.00 bits per heavy atom. The number of rotatable bonds is 5. The molecule has 2 aromatic carbocycles. The number of fused-ring (bicyclic) bond motifs is 1. The van der Waals surface area contributed by atoms with Crippen molar-refractivity contribution in [2.24, 2.45) is 7.05 Å². The lowest BCUT2D eigenvalue weighted by Gasteiger charge is -2.43. The first-order valence-electron chi connectivity index (χ1n) is 13.8. The Labute approximate surface area is 238 Å². The van der Waals surface area contributed by atoms with E-state index >= 15 is 0 Å². The van der Waals surface area contributed by atoms with Crippen LogP contribution in [0.4, 0.5) is 4.79 Å². The highest BCUT2D eigenvalue weighted by molar-refractivity contribution is 5.95. The summed E-state index contributed by atoms with van der Waals surface area (Å²) in [5.74, 6) is 0.472. The van der Waals surface area contributed by atoms with Crippen molar-refractivity contribution < 1.29 is 13.9 Å². The Balaban J connectivity index is 1.46. The molecule has 5 aromatic rings. The molecule has 6 rings (SSSR count). The van der Waals surface area contributed by atoms with Gasteiger partial charge in [0.15, 0.2) is 5.58 Å². The van der Waals surface area contributed by atoms with Crippen molar-refractivity contribution in [3.63, 3.8) is 0 Å². The summed E-state index contributed by atoms with van der Waals surface area (Å²) in [6.45, 7) is 5.55. The molecule has 1 aliphatic rings. The predicted molar refractivity (Wildman–Crippen MR) is 158 cm³/mol. The van der Waals surface area contributed by atoms with Crippen LogP contribution in [0.1, 0.15) is 45.6 Å². The molecule has 1 amide bonds. The molecule has 1 saturated carbocycles. The van der Waals surface area contributed by atoms with Crippen LogP contribution in [0.25, 0.3) is 44.7 Å². The molecule has 0 saturated heterocycles. The van der Waals surface area contributed by atoms with Crippen molar-refractivity contribution in [1.29, 1.82) is 0 Å². The molecular formula is C33H32N4O4. The van der Waals surface area contributed by atoms with Crippen LogP contribution in [0.3, 0.4) is 0 Å². The number of aromatic nitrogens is 3. The minimum Gasteiger partial charge on any atom is -0.453 e. The van der Waals surface area contributed by atoms with Crippen LogP contribution in [-0.2, 0) is 17.3 Å². The average Bonchev–Trinajstić information content (AvgIpc) is 3.36. The zero-order valence-electron chi connectivity index (χ0n) is 23.6. The van der Waals surface area contributed by atoms with Crippen LogP contribution in [-0.4, -0.2) is 26.5 Å². The quantitative estimate of drug-likeness (QED) is 0.259. The van der Waals surface area contributed by atoms with Crippen molar-refractivity contribution >= 4 is 17.1 Å². The van der Waals surface area contributed by atoms with E-state index < -0.39 is 17.2 Å². The minimum absolute atomic E-state index is 0.143. The lowest BCUT2D eigenvalue weighted by atomic mass is 9.71. The van der Waals surface area contributed by atoms with Crippen molar-refractivity contribution in [2.45, 2.75) is 51.2 Å². The number of hydrogen-bond acceptors (Lipinski definition) is 6. The number of pyridine rings is 1. The monoisotopic (exact) mass is 548 g/mol. The zero-order chi connectivity index (χ0) is 28.8. The van der Waals surface area contributed by atoms with Gasteiger partial charge in [-0.2, -0.15) is 5.10 Å². The van der Waals surface area contributed by atoms with E-state index in [9.17, 15) is 9.59 Å². The number of carbonyl (C=O) groups excluding carboxylic acids is 1. The standard InChI is InChI=1S/C33H32N4O4/c1-32(2,3)41-31(39)36-33(16-8-17-33)24-13-11-21(12-14-24)26-28(38)25-15-18-34-27(23-19-35-37(4)20-23)30(25)40-29(26)22-9-6-5-7-10-22/h5-7,9-15,18-20H,8,16-17H2,1-4H3,(H,36,39). The van der Waals surface area contributed by atoms with Crippen LogP contribution in [0, 0.1) is 0 Å². The van der Waals surface area contributed by atoms with E-state index in [1.807, 2.05) is 88.6 Å². The van der Waals surface area contributed by atoms with E-state index in [0.29, 0.717) is 28.0 Å². The summed E-state index contributed by atoms with van der Waals surface area (Å²) in [7, 11) is 1.83. The fourth-order valence-corrected chi connectivity index (χ4v) is 5.40. The summed E-state index contributed by atoms with van der Waals surface area (Å²) >= 11 is 0. The molecule has 1 N–H and O–H groups in total. The molecule has 3 aromatic heterocycles. The van der Waals surface area contributed by atoms with E-state index in [-0.39, 0.29) is 5.43 Å². The van der Waals surface area contributed by atoms with Gasteiger partial charge in [-0.15, -0.1) is 0 Å². The number of carbonyl (C=O) groups is 1. The van der Waals surface area contributed by atoms with E-state index in [1.54, 1.807) is 23.1 Å². The second kappa shape index (κ2) is 10.0. The molecule has 0 atom stereocenters. The number of nitrogens with zero attached hydrogens (tertiary/aromatic N) is 3. The van der Waals surface area contributed by atoms with Gasteiger partial charge in [-0.1, -0.05) is 54.6 Å². The Bertz CT molecular complexity index is 1790. The van der Waals surface area contributed by atoms with Gasteiger partial charge in [0, 0.05) is 30.6 Å². The number of alkyl carbamates (subject to hydrolysis) is 1. The fraction of sp³-hybridized carbons (Fsp3) is 0.273. The number of aryl methyl sites for hydroxylation is 1. The van der Waals surface area contributed by atoms with E-state index in [0.717, 1.165) is 41.5 Å². The van der Waals surface area contributed by atoms with Gasteiger partial charge < -0.3 is 14.5 Å². The first-order chi connectivity index (χ1) is 19.6. The summed E-state index contributed by atoms with van der Waals surface area (Å²) in [6, 6.07) is 19.1. The van der Waals surface area contributed by atoms with Crippen LogP contribution in [0.2, 0.25) is 0 Å². The van der Waals surface area contributed by atoms with Gasteiger partial charge in [0.1, 0.15) is 17.1 Å². The molecule has 0 radical (unpaired) electrons. The summed E-state index contributed by atoms with van der Waals surface area (Å²) in [5, 5.41) is 7.81. The molecule has 8 nitrogen and oxygen atoms in total. The predicted octanol–water partition coefficient (Wildman–Crippen LogP) is 6.83. The summed E-state index contributed by atoms with van der Waals surface area (Å²) in [5.41, 5.74) is 3.51. The fourth-order valence-electron chi connectivity index (χ4n) is 5.40. The molecule has 3 heterocycles. The summed E-state index contributed by atoms with van der Waals surface area (Å²) in [6.07, 6.45) is 7.40. The highest BCUT2D eigenvalue weighted by Crippen LogP contribution is 2.43. The maximum atomic E-state index is 14.2. The number of benzene rings is 2. The highest BCUT2D eigenvalue weighted by Gasteiger charge is 2.41. The Kier molecular flexibility index (Phi) is 6.49. The third-order valence-electron chi connectivity index (χ3n) is 7.50. The lowest BCUT2D eigenvalue weighted by Crippen LogP contribution is -2.52. The third kappa shape index (κ3) is 5.01. The van der Waals surface area contributed by atoms with Gasteiger partial charge >= 0.3 is 6.09 Å². The zero-order valence-corrected chi connectivity index (χ0v) is 23.6. The molecule has 0 unspecified atom stereocenters. The van der Waals surface area contributed by atoms with Gasteiger partial charge in [-0.05, 0) is 57.2 Å². The second-order valence-electron chi connectivity index (χ2n) is 11.6. The van der Waals surface area contributed by atoms with Gasteiger partial charge in [0.2, 0.25) is 5.43 Å². The van der Waals surface area contributed by atoms with Crippen molar-refractivity contribution in [1.82, 2.24) is 20.1 Å². The summed E-state index contributed by atoms with van der Waals surface area (Å²) in [4.78, 5) is 31.3. The first kappa shape index (κ1) is 26.5. The molecule has 0 spiro atoms. The second-order valence-corrected chi connectivity index (χ2v) is 11.6. The molecular weight excluding hydrogens is 516 g/mol. The van der Waals surface area contributed by atoms with Crippen LogP contribution in [0.5, 0.6) is 0 Å². The number of hydrogen-bond donors (Lipinski definition) is 1. The maximum Gasteiger partial charge on any atom is 0.408 e. The lowest BCUT2D eigenvalue weighted by molar-refractivity contribution is 0.0377. The van der Waals surface area contributed by atoms with Crippen LogP contribution < -0.4 is 10.7 Å². The number of amides is 1. The maximum absolute atomic E-state index is 14.2. The van der Waals surface area contributed by atoms with E-state index in [4.69, 9.17) is 9.15 Å². The minimum atomic E-state index is -0.580. The van der Waals surface area contributed by atoms with Gasteiger partial charge in [0.05, 0.1) is 22.7 Å².